The van der Waals surface area contributed by atoms with Gasteiger partial charge in [0.05, 0.1) is 12.2 Å². The molecule has 198 valence electrons. The summed E-state index contributed by atoms with van der Waals surface area (Å²) in [7, 11) is 0. The number of esters is 1. The number of halogens is 1. The Bertz CT molecular complexity index is 1010. The summed E-state index contributed by atoms with van der Waals surface area (Å²) < 4.78 is 27.3. The summed E-state index contributed by atoms with van der Waals surface area (Å²) in [5.74, 6) is 1.53. The van der Waals surface area contributed by atoms with E-state index in [0.29, 0.717) is 24.7 Å². The molecule has 36 heavy (non-hydrogen) atoms. The van der Waals surface area contributed by atoms with Crippen LogP contribution in [0.3, 0.4) is 0 Å². The molecule has 0 radical (unpaired) electrons. The molecule has 5 aliphatic carbocycles. The van der Waals surface area contributed by atoms with Gasteiger partial charge in [0.1, 0.15) is 23.2 Å². The van der Waals surface area contributed by atoms with Gasteiger partial charge in [0.2, 0.25) is 0 Å². The molecule has 5 nitrogen and oxygen atoms in total. The van der Waals surface area contributed by atoms with Gasteiger partial charge in [-0.1, -0.05) is 20.3 Å². The molecule has 0 aliphatic heterocycles. The second-order valence-electron chi connectivity index (χ2n) is 13.2. The number of hydrogen-bond donors (Lipinski definition) is 1. The van der Waals surface area contributed by atoms with Crippen molar-refractivity contribution >= 4 is 11.9 Å². The molecule has 4 bridgehead atoms. The molecule has 1 aromatic rings. The van der Waals surface area contributed by atoms with Gasteiger partial charge in [0.15, 0.2) is 0 Å². The predicted octanol–water partition coefficient (Wildman–Crippen LogP) is 6.39. The molecule has 0 aromatic heterocycles. The lowest BCUT2D eigenvalue weighted by atomic mass is 9.76. The standard InChI is InChI=1S/C30H42FNO4/c1-6-17(2)26(28(34)36-29(3,4)5)32-27(33)23-12-22(20-7-8-20)25(13-24(23)31)35-16-30-14-18-9-19(15-30)11-21(30)10-18/h12-13,17-21,26H,6-11,14-16H2,1-5H3,(H,32,33)/t17-,18?,19?,21?,26-,30?/m0/s1. The number of benzene rings is 1. The van der Waals surface area contributed by atoms with Crippen LogP contribution < -0.4 is 10.1 Å². The maximum Gasteiger partial charge on any atom is 0.329 e. The lowest BCUT2D eigenvalue weighted by Crippen LogP contribution is -2.48. The number of carbonyl (C=O) groups is 2. The second-order valence-corrected chi connectivity index (χ2v) is 13.2. The number of ether oxygens (including phenoxy) is 2. The van der Waals surface area contributed by atoms with Crippen molar-refractivity contribution < 1.29 is 23.5 Å². The summed E-state index contributed by atoms with van der Waals surface area (Å²) in [4.78, 5) is 26.1. The van der Waals surface area contributed by atoms with E-state index < -0.39 is 29.3 Å². The summed E-state index contributed by atoms with van der Waals surface area (Å²) in [6, 6.07) is 2.23. The third kappa shape index (κ3) is 5.02. The first kappa shape index (κ1) is 25.5. The molecule has 6 heteroatoms. The lowest BCUT2D eigenvalue weighted by molar-refractivity contribution is -0.158. The maximum atomic E-state index is 15.3. The summed E-state index contributed by atoms with van der Waals surface area (Å²) >= 11 is 0. The van der Waals surface area contributed by atoms with Gasteiger partial charge in [-0.25, -0.2) is 9.18 Å². The second kappa shape index (κ2) is 9.33. The van der Waals surface area contributed by atoms with Crippen LogP contribution in [0.15, 0.2) is 12.1 Å². The molecule has 1 amide bonds. The SMILES string of the molecule is CC[C@H](C)[C@H](NC(=O)c1cc(C2CC2)c(OCC23CC4CC(CC2C4)C3)cc1F)C(=O)OC(C)(C)C. The van der Waals surface area contributed by atoms with Gasteiger partial charge in [-0.3, -0.25) is 4.79 Å². The quantitative estimate of drug-likeness (QED) is 0.400. The zero-order valence-corrected chi connectivity index (χ0v) is 22.5. The fraction of sp³-hybridized carbons (Fsp3) is 0.733. The molecule has 0 spiro atoms. The van der Waals surface area contributed by atoms with E-state index in [1.54, 1.807) is 26.8 Å². The fourth-order valence-corrected chi connectivity index (χ4v) is 7.26. The minimum Gasteiger partial charge on any atom is -0.493 e. The van der Waals surface area contributed by atoms with Crippen molar-refractivity contribution in [2.75, 3.05) is 6.61 Å². The Morgan fingerprint density at radius 3 is 2.39 bits per heavy atom. The van der Waals surface area contributed by atoms with Crippen LogP contribution in [0.5, 0.6) is 5.75 Å². The van der Waals surface area contributed by atoms with Crippen molar-refractivity contribution in [1.82, 2.24) is 5.32 Å². The predicted molar refractivity (Wildman–Crippen MR) is 136 cm³/mol. The van der Waals surface area contributed by atoms with Crippen LogP contribution in [-0.2, 0) is 9.53 Å². The van der Waals surface area contributed by atoms with Gasteiger partial charge < -0.3 is 14.8 Å². The van der Waals surface area contributed by atoms with Gasteiger partial charge in [-0.15, -0.1) is 0 Å². The van der Waals surface area contributed by atoms with Crippen LogP contribution >= 0.6 is 0 Å². The lowest BCUT2D eigenvalue weighted by Gasteiger charge is -2.33. The topological polar surface area (TPSA) is 64.6 Å². The molecular formula is C30H42FNO4. The number of amides is 1. The summed E-state index contributed by atoms with van der Waals surface area (Å²) in [6.45, 7) is 9.88. The average molecular weight is 500 g/mol. The van der Waals surface area contributed by atoms with E-state index in [-0.39, 0.29) is 16.9 Å². The molecule has 1 aromatic carbocycles. The van der Waals surface area contributed by atoms with E-state index in [0.717, 1.165) is 36.2 Å². The average Bonchev–Trinajstić information content (AvgIpc) is 3.57. The van der Waals surface area contributed by atoms with Crippen LogP contribution in [0.25, 0.3) is 0 Å². The van der Waals surface area contributed by atoms with Gasteiger partial charge in [-0.2, -0.15) is 0 Å². The minimum atomic E-state index is -0.839. The number of carbonyl (C=O) groups excluding carboxylic acids is 2. The minimum absolute atomic E-state index is 0.0277. The van der Waals surface area contributed by atoms with Crippen molar-refractivity contribution in [1.29, 1.82) is 0 Å². The first-order valence-electron chi connectivity index (χ1n) is 14.0. The number of hydrogen-bond acceptors (Lipinski definition) is 4. The number of nitrogens with one attached hydrogen (secondary N) is 1. The Kier molecular flexibility index (Phi) is 6.61. The molecule has 6 rings (SSSR count). The van der Waals surface area contributed by atoms with E-state index >= 15 is 4.39 Å². The van der Waals surface area contributed by atoms with Crippen molar-refractivity contribution in [3.05, 3.63) is 29.1 Å². The smallest absolute Gasteiger partial charge is 0.329 e. The van der Waals surface area contributed by atoms with Gasteiger partial charge in [-0.05, 0) is 107 Å². The van der Waals surface area contributed by atoms with E-state index in [1.165, 1.54) is 38.2 Å². The maximum absolute atomic E-state index is 15.3. The summed E-state index contributed by atoms with van der Waals surface area (Å²) in [5.41, 5.74) is 0.486. The molecule has 0 saturated heterocycles. The van der Waals surface area contributed by atoms with Gasteiger partial charge in [0.25, 0.3) is 5.91 Å². The van der Waals surface area contributed by atoms with Crippen LogP contribution in [0.2, 0.25) is 0 Å². The normalized spacial score (nSPS) is 30.2. The highest BCUT2D eigenvalue weighted by molar-refractivity contribution is 5.97. The summed E-state index contributed by atoms with van der Waals surface area (Å²) in [5, 5.41) is 2.77. The van der Waals surface area contributed by atoms with Crippen LogP contribution in [0, 0.1) is 34.9 Å². The van der Waals surface area contributed by atoms with E-state index in [1.807, 2.05) is 13.8 Å². The molecule has 1 N–H and O–H groups in total. The van der Waals surface area contributed by atoms with Crippen LogP contribution in [0.1, 0.15) is 108 Å². The van der Waals surface area contributed by atoms with Gasteiger partial charge >= 0.3 is 5.97 Å². The van der Waals surface area contributed by atoms with Crippen molar-refractivity contribution in [2.45, 2.75) is 104 Å². The highest BCUT2D eigenvalue weighted by atomic mass is 19.1. The number of rotatable bonds is 9. The Morgan fingerprint density at radius 1 is 1.14 bits per heavy atom. The zero-order chi connectivity index (χ0) is 25.8. The van der Waals surface area contributed by atoms with E-state index in [2.05, 4.69) is 5.32 Å². The van der Waals surface area contributed by atoms with Crippen molar-refractivity contribution in [3.63, 3.8) is 0 Å². The molecule has 2 unspecified atom stereocenters. The van der Waals surface area contributed by atoms with E-state index in [4.69, 9.17) is 9.47 Å². The molecule has 5 fully saturated rings. The van der Waals surface area contributed by atoms with Crippen LogP contribution in [-0.4, -0.2) is 30.1 Å². The monoisotopic (exact) mass is 499 g/mol. The Morgan fingerprint density at radius 2 is 1.81 bits per heavy atom. The first-order valence-corrected chi connectivity index (χ1v) is 14.0. The largest absolute Gasteiger partial charge is 0.493 e. The fourth-order valence-electron chi connectivity index (χ4n) is 7.26. The highest BCUT2D eigenvalue weighted by Crippen LogP contribution is 2.65. The Labute approximate surface area is 214 Å². The van der Waals surface area contributed by atoms with Crippen molar-refractivity contribution in [3.8, 4) is 5.75 Å². The summed E-state index contributed by atoms with van der Waals surface area (Å²) in [6.07, 6.45) is 9.26. The Hall–Kier alpha value is -2.11. The van der Waals surface area contributed by atoms with Gasteiger partial charge in [0, 0.05) is 11.5 Å². The zero-order valence-electron chi connectivity index (χ0n) is 22.5. The van der Waals surface area contributed by atoms with E-state index in [9.17, 15) is 9.59 Å². The molecule has 4 atom stereocenters. The van der Waals surface area contributed by atoms with Crippen molar-refractivity contribution in [2.24, 2.45) is 29.1 Å². The molecule has 0 heterocycles. The Balaban J connectivity index is 1.33. The molecule has 5 aliphatic rings. The highest BCUT2D eigenvalue weighted by Gasteiger charge is 2.58. The van der Waals surface area contributed by atoms with Crippen LogP contribution in [0.4, 0.5) is 4.39 Å². The molecule has 5 saturated carbocycles. The first-order chi connectivity index (χ1) is 17.0. The molecular weight excluding hydrogens is 457 g/mol. The third-order valence-corrected chi connectivity index (χ3v) is 9.20. The third-order valence-electron chi connectivity index (χ3n) is 9.20.